The van der Waals surface area contributed by atoms with Gasteiger partial charge in [0.2, 0.25) is 0 Å². The zero-order valence-corrected chi connectivity index (χ0v) is 11.7. The number of aromatic nitrogens is 2. The van der Waals surface area contributed by atoms with E-state index >= 15 is 0 Å². The molecule has 1 N–H and O–H groups in total. The Balaban J connectivity index is 2.29. The Hall–Kier alpha value is -1.94. The van der Waals surface area contributed by atoms with Gasteiger partial charge in [-0.15, -0.1) is 5.10 Å². The predicted molar refractivity (Wildman–Crippen MR) is 78.7 cm³/mol. The molecule has 1 heterocycles. The first kappa shape index (κ1) is 13.5. The van der Waals surface area contributed by atoms with E-state index in [0.717, 1.165) is 24.6 Å². The predicted octanol–water partition coefficient (Wildman–Crippen LogP) is 2.66. The summed E-state index contributed by atoms with van der Waals surface area (Å²) in [6.07, 6.45) is 0. The van der Waals surface area contributed by atoms with Crippen LogP contribution in [0.1, 0.15) is 18.2 Å². The molecule has 0 saturated carbocycles. The van der Waals surface area contributed by atoms with Gasteiger partial charge < -0.3 is 10.2 Å². The molecule has 0 unspecified atom stereocenters. The van der Waals surface area contributed by atoms with E-state index in [1.807, 2.05) is 31.3 Å². The van der Waals surface area contributed by atoms with Crippen LogP contribution in [0.5, 0.6) is 0 Å². The highest BCUT2D eigenvalue weighted by Gasteiger charge is 2.11. The smallest absolute Gasteiger partial charge is 0.155 e. The van der Waals surface area contributed by atoms with Crippen LogP contribution in [0.2, 0.25) is 0 Å². The third-order valence-electron chi connectivity index (χ3n) is 3.06. The fourth-order valence-electron chi connectivity index (χ4n) is 2.09. The second-order valence-corrected chi connectivity index (χ2v) is 4.44. The zero-order chi connectivity index (χ0) is 13.7. The summed E-state index contributed by atoms with van der Waals surface area (Å²) in [7, 11) is 1.90. The van der Waals surface area contributed by atoms with Gasteiger partial charge in [-0.3, -0.25) is 0 Å². The third kappa shape index (κ3) is 3.09. The van der Waals surface area contributed by atoms with Crippen molar-refractivity contribution in [1.82, 2.24) is 15.5 Å². The summed E-state index contributed by atoms with van der Waals surface area (Å²) >= 11 is 0. The van der Waals surface area contributed by atoms with Gasteiger partial charge in [-0.05, 0) is 44.7 Å². The molecule has 4 heteroatoms. The van der Waals surface area contributed by atoms with Crippen molar-refractivity contribution in [3.8, 4) is 0 Å². The maximum absolute atomic E-state index is 4.32. The van der Waals surface area contributed by atoms with Crippen LogP contribution >= 0.6 is 0 Å². The molecule has 0 amide bonds. The fraction of sp³-hybridized carbons (Fsp3) is 0.333. The van der Waals surface area contributed by atoms with Crippen LogP contribution in [-0.2, 0) is 6.54 Å². The van der Waals surface area contributed by atoms with Crippen LogP contribution < -0.4 is 10.2 Å². The molecule has 0 fully saturated rings. The first-order valence-corrected chi connectivity index (χ1v) is 6.56. The quantitative estimate of drug-likeness (QED) is 0.893. The Kier molecular flexibility index (Phi) is 4.47. The van der Waals surface area contributed by atoms with E-state index in [9.17, 15) is 0 Å². The molecule has 1 aromatic heterocycles. The fourth-order valence-corrected chi connectivity index (χ4v) is 2.09. The van der Waals surface area contributed by atoms with E-state index in [1.54, 1.807) is 0 Å². The van der Waals surface area contributed by atoms with E-state index in [-0.39, 0.29) is 0 Å². The molecule has 100 valence electrons. The van der Waals surface area contributed by atoms with Crippen LogP contribution in [0.4, 0.5) is 11.5 Å². The van der Waals surface area contributed by atoms with Gasteiger partial charge in [0.25, 0.3) is 0 Å². The van der Waals surface area contributed by atoms with Crippen LogP contribution in [-0.4, -0.2) is 23.8 Å². The Bertz CT molecular complexity index is 522. The molecule has 0 aliphatic carbocycles. The molecule has 1 aromatic carbocycles. The number of hydrogen-bond acceptors (Lipinski definition) is 4. The summed E-state index contributed by atoms with van der Waals surface area (Å²) in [5, 5.41) is 11.6. The normalized spacial score (nSPS) is 10.5. The first-order chi connectivity index (χ1) is 9.26. The molecule has 0 spiro atoms. The molecule has 2 rings (SSSR count). The summed E-state index contributed by atoms with van der Waals surface area (Å²) in [6.45, 7) is 5.84. The van der Waals surface area contributed by atoms with Gasteiger partial charge in [0.1, 0.15) is 0 Å². The van der Waals surface area contributed by atoms with Crippen molar-refractivity contribution in [1.29, 1.82) is 0 Å². The minimum Gasteiger partial charge on any atom is -0.325 e. The Morgan fingerprint density at radius 2 is 1.89 bits per heavy atom. The molecule has 4 nitrogen and oxygen atoms in total. The minimum atomic E-state index is 0.740. The first-order valence-electron chi connectivity index (χ1n) is 6.56. The van der Waals surface area contributed by atoms with E-state index < -0.39 is 0 Å². The Labute approximate surface area is 114 Å². The standard InChI is InChI=1S/C15H20N4/c1-4-19(14-8-6-5-7-12(14)2)15-10-9-13(11-16-3)17-18-15/h5-10,16H,4,11H2,1-3H3. The molecule has 0 radical (unpaired) electrons. The minimum absolute atomic E-state index is 0.740. The van der Waals surface area contributed by atoms with Gasteiger partial charge in [-0.25, -0.2) is 0 Å². The molecular formula is C15H20N4. The van der Waals surface area contributed by atoms with Crippen LogP contribution in [0.3, 0.4) is 0 Å². The van der Waals surface area contributed by atoms with Crippen molar-refractivity contribution in [2.75, 3.05) is 18.5 Å². The molecule has 0 aliphatic rings. The average Bonchev–Trinajstić information content (AvgIpc) is 2.44. The maximum atomic E-state index is 4.32. The SMILES string of the molecule is CCN(c1ccc(CNC)nn1)c1ccccc1C. The van der Waals surface area contributed by atoms with Crippen LogP contribution in [0.15, 0.2) is 36.4 Å². The van der Waals surface area contributed by atoms with Gasteiger partial charge in [-0.1, -0.05) is 18.2 Å². The second kappa shape index (κ2) is 6.29. The summed E-state index contributed by atoms with van der Waals surface area (Å²) in [5.74, 6) is 0.886. The lowest BCUT2D eigenvalue weighted by atomic mass is 10.2. The largest absolute Gasteiger partial charge is 0.325 e. The van der Waals surface area contributed by atoms with E-state index in [0.29, 0.717) is 0 Å². The van der Waals surface area contributed by atoms with Crippen molar-refractivity contribution in [3.05, 3.63) is 47.7 Å². The van der Waals surface area contributed by atoms with Gasteiger partial charge in [0, 0.05) is 18.8 Å². The van der Waals surface area contributed by atoms with Crippen molar-refractivity contribution >= 4 is 11.5 Å². The Morgan fingerprint density at radius 3 is 2.47 bits per heavy atom. The van der Waals surface area contributed by atoms with Crippen molar-refractivity contribution < 1.29 is 0 Å². The molecule has 0 bridgehead atoms. The Morgan fingerprint density at radius 1 is 1.11 bits per heavy atom. The number of rotatable bonds is 5. The number of nitrogens with one attached hydrogen (secondary N) is 1. The molecule has 19 heavy (non-hydrogen) atoms. The number of hydrogen-bond donors (Lipinski definition) is 1. The molecule has 0 atom stereocenters. The summed E-state index contributed by atoms with van der Waals surface area (Å²) in [5.41, 5.74) is 3.37. The maximum Gasteiger partial charge on any atom is 0.155 e. The summed E-state index contributed by atoms with van der Waals surface area (Å²) in [6, 6.07) is 12.4. The molecule has 0 saturated heterocycles. The molecular weight excluding hydrogens is 236 g/mol. The van der Waals surface area contributed by atoms with Gasteiger partial charge >= 0.3 is 0 Å². The lowest BCUT2D eigenvalue weighted by molar-refractivity contribution is 0.764. The number of anilines is 2. The monoisotopic (exact) mass is 256 g/mol. The number of benzene rings is 1. The van der Waals surface area contributed by atoms with Crippen LogP contribution in [0.25, 0.3) is 0 Å². The van der Waals surface area contributed by atoms with Gasteiger partial charge in [0.05, 0.1) is 5.69 Å². The molecule has 2 aromatic rings. The lowest BCUT2D eigenvalue weighted by Gasteiger charge is -2.23. The number of para-hydroxylation sites is 1. The zero-order valence-electron chi connectivity index (χ0n) is 11.7. The van der Waals surface area contributed by atoms with E-state index in [1.165, 1.54) is 11.3 Å². The third-order valence-corrected chi connectivity index (χ3v) is 3.06. The topological polar surface area (TPSA) is 41.0 Å². The van der Waals surface area contributed by atoms with Crippen molar-refractivity contribution in [2.45, 2.75) is 20.4 Å². The summed E-state index contributed by atoms with van der Waals surface area (Å²) < 4.78 is 0. The van der Waals surface area contributed by atoms with Gasteiger partial charge in [0.15, 0.2) is 5.82 Å². The average molecular weight is 256 g/mol. The van der Waals surface area contributed by atoms with E-state index in [2.05, 4.69) is 46.4 Å². The number of aryl methyl sites for hydroxylation is 1. The highest BCUT2D eigenvalue weighted by Crippen LogP contribution is 2.25. The van der Waals surface area contributed by atoms with Gasteiger partial charge in [-0.2, -0.15) is 5.10 Å². The summed E-state index contributed by atoms with van der Waals surface area (Å²) in [4.78, 5) is 2.17. The highest BCUT2D eigenvalue weighted by molar-refractivity contribution is 5.63. The highest BCUT2D eigenvalue weighted by atomic mass is 15.3. The number of nitrogens with zero attached hydrogens (tertiary/aromatic N) is 3. The van der Waals surface area contributed by atoms with Crippen LogP contribution in [0, 0.1) is 6.92 Å². The van der Waals surface area contributed by atoms with Crippen molar-refractivity contribution in [3.63, 3.8) is 0 Å². The van der Waals surface area contributed by atoms with Crippen molar-refractivity contribution in [2.24, 2.45) is 0 Å². The lowest BCUT2D eigenvalue weighted by Crippen LogP contribution is -2.19. The molecule has 0 aliphatic heterocycles. The second-order valence-electron chi connectivity index (χ2n) is 4.44. The van der Waals surface area contributed by atoms with E-state index in [4.69, 9.17) is 0 Å².